The number of carboxylic acids is 1. The maximum atomic E-state index is 10.5. The molecule has 0 saturated heterocycles. The van der Waals surface area contributed by atoms with Gasteiger partial charge in [0, 0.05) is 11.8 Å². The lowest BCUT2D eigenvalue weighted by molar-refractivity contribution is 0.0695. The van der Waals surface area contributed by atoms with Crippen LogP contribution in [-0.2, 0) is 0 Å². The van der Waals surface area contributed by atoms with E-state index in [1.807, 2.05) is 0 Å². The topological polar surface area (TPSA) is 67.3 Å². The first-order valence-electron chi connectivity index (χ1n) is 2.99. The van der Waals surface area contributed by atoms with Crippen LogP contribution >= 0.6 is 15.9 Å². The molecule has 1 rings (SSSR count). The molecule has 62 valence electrons. The summed E-state index contributed by atoms with van der Waals surface area (Å²) in [5, 5.41) is 8.60. The summed E-state index contributed by atoms with van der Waals surface area (Å²) in [5.74, 6) is -1.11. The monoisotopic (exact) mass is 229 g/mol. The van der Waals surface area contributed by atoms with E-state index in [0.717, 1.165) is 0 Å². The predicted molar refractivity (Wildman–Crippen MR) is 44.3 cm³/mol. The third-order valence-corrected chi connectivity index (χ3v) is 1.86. The van der Waals surface area contributed by atoms with Crippen molar-refractivity contribution in [3.8, 4) is 0 Å². The highest BCUT2D eigenvalue weighted by molar-refractivity contribution is 9.10. The Bertz CT molecular complexity index is 337. The molecule has 5 heteroatoms. The fourth-order valence-corrected chi connectivity index (χ4v) is 1.07. The van der Waals surface area contributed by atoms with Crippen LogP contribution in [0.4, 0.5) is 0 Å². The molecule has 1 N–H and O–H groups in total. The van der Waals surface area contributed by atoms with Crippen LogP contribution in [-0.4, -0.2) is 22.3 Å². The maximum absolute atomic E-state index is 10.5. The molecule has 1 aromatic heterocycles. The van der Waals surface area contributed by atoms with Crippen molar-refractivity contribution < 1.29 is 14.7 Å². The van der Waals surface area contributed by atoms with E-state index in [4.69, 9.17) is 5.11 Å². The Morgan fingerprint density at radius 3 is 2.83 bits per heavy atom. The fourth-order valence-electron chi connectivity index (χ4n) is 0.679. The number of carbonyl (C=O) groups is 2. The molecule has 0 radical (unpaired) electrons. The van der Waals surface area contributed by atoms with Crippen molar-refractivity contribution in [2.24, 2.45) is 0 Å². The molecule has 12 heavy (non-hydrogen) atoms. The zero-order chi connectivity index (χ0) is 9.14. The molecule has 0 bridgehead atoms. The minimum atomic E-state index is -1.11. The molecular weight excluding hydrogens is 226 g/mol. The van der Waals surface area contributed by atoms with E-state index in [-0.39, 0.29) is 15.7 Å². The first-order chi connectivity index (χ1) is 5.65. The van der Waals surface area contributed by atoms with Gasteiger partial charge in [-0.25, -0.2) is 9.78 Å². The Hall–Kier alpha value is -1.23. The third-order valence-electron chi connectivity index (χ3n) is 1.23. The molecule has 0 spiro atoms. The zero-order valence-electron chi connectivity index (χ0n) is 5.82. The van der Waals surface area contributed by atoms with Gasteiger partial charge in [0.2, 0.25) is 0 Å². The number of nitrogens with zero attached hydrogens (tertiary/aromatic N) is 1. The number of rotatable bonds is 2. The SMILES string of the molecule is O=Cc1cnc(Br)c(C(=O)O)c1. The predicted octanol–water partition coefficient (Wildman–Crippen LogP) is 1.35. The molecule has 4 nitrogen and oxygen atoms in total. The summed E-state index contributed by atoms with van der Waals surface area (Å²) >= 11 is 2.95. The molecule has 0 saturated carbocycles. The van der Waals surface area contributed by atoms with Crippen molar-refractivity contribution in [3.63, 3.8) is 0 Å². The molecule has 0 atom stereocenters. The number of aromatic nitrogens is 1. The summed E-state index contributed by atoms with van der Waals surface area (Å²) in [5.41, 5.74) is 0.232. The van der Waals surface area contributed by atoms with Crippen LogP contribution in [0.25, 0.3) is 0 Å². The van der Waals surface area contributed by atoms with Crippen molar-refractivity contribution in [1.29, 1.82) is 0 Å². The largest absolute Gasteiger partial charge is 0.478 e. The summed E-state index contributed by atoms with van der Waals surface area (Å²) in [4.78, 5) is 24.4. The number of hydrogen-bond donors (Lipinski definition) is 1. The molecule has 0 aliphatic rings. The fraction of sp³-hybridized carbons (Fsp3) is 0. The van der Waals surface area contributed by atoms with Gasteiger partial charge in [-0.1, -0.05) is 0 Å². The van der Waals surface area contributed by atoms with Gasteiger partial charge in [0.05, 0.1) is 5.56 Å². The van der Waals surface area contributed by atoms with Gasteiger partial charge in [-0.05, 0) is 22.0 Å². The number of aldehydes is 1. The second-order valence-electron chi connectivity index (χ2n) is 2.03. The van der Waals surface area contributed by atoms with Crippen LogP contribution in [0.5, 0.6) is 0 Å². The molecule has 0 amide bonds. The van der Waals surface area contributed by atoms with E-state index in [2.05, 4.69) is 20.9 Å². The number of aromatic carboxylic acids is 1. The van der Waals surface area contributed by atoms with Crippen LogP contribution in [0.3, 0.4) is 0 Å². The second kappa shape index (κ2) is 3.44. The highest BCUT2D eigenvalue weighted by Crippen LogP contribution is 2.13. The maximum Gasteiger partial charge on any atom is 0.338 e. The standard InChI is InChI=1S/C7H4BrNO3/c8-6-5(7(11)12)1-4(3-10)2-9-6/h1-3H,(H,11,12). The van der Waals surface area contributed by atoms with Gasteiger partial charge < -0.3 is 5.11 Å². The Labute approximate surface area is 76.4 Å². The highest BCUT2D eigenvalue weighted by Gasteiger charge is 2.09. The molecule has 0 fully saturated rings. The van der Waals surface area contributed by atoms with Gasteiger partial charge >= 0.3 is 5.97 Å². The van der Waals surface area contributed by atoms with Gasteiger partial charge in [0.25, 0.3) is 0 Å². The second-order valence-corrected chi connectivity index (χ2v) is 2.78. The quantitative estimate of drug-likeness (QED) is 0.615. The van der Waals surface area contributed by atoms with Gasteiger partial charge in [0.15, 0.2) is 6.29 Å². The van der Waals surface area contributed by atoms with E-state index < -0.39 is 5.97 Å². The van der Waals surface area contributed by atoms with Crippen molar-refractivity contribution in [2.45, 2.75) is 0 Å². The molecule has 1 heterocycles. The number of hydrogen-bond acceptors (Lipinski definition) is 3. The van der Waals surface area contributed by atoms with Crippen LogP contribution in [0.1, 0.15) is 20.7 Å². The summed E-state index contributed by atoms with van der Waals surface area (Å²) in [6.07, 6.45) is 1.84. The number of carbonyl (C=O) groups excluding carboxylic acids is 1. The lowest BCUT2D eigenvalue weighted by atomic mass is 10.2. The highest BCUT2D eigenvalue weighted by atomic mass is 79.9. The summed E-state index contributed by atoms with van der Waals surface area (Å²) in [6, 6.07) is 1.26. The smallest absolute Gasteiger partial charge is 0.338 e. The van der Waals surface area contributed by atoms with Crippen molar-refractivity contribution in [1.82, 2.24) is 4.98 Å². The lowest BCUT2D eigenvalue weighted by Gasteiger charge is -1.97. The van der Waals surface area contributed by atoms with Gasteiger partial charge in [-0.3, -0.25) is 4.79 Å². The zero-order valence-corrected chi connectivity index (χ0v) is 7.41. The Kier molecular flexibility index (Phi) is 2.54. The molecule has 0 unspecified atom stereocenters. The lowest BCUT2D eigenvalue weighted by Crippen LogP contribution is -2.00. The molecule has 0 aliphatic carbocycles. The molecule has 0 aromatic carbocycles. The van der Waals surface area contributed by atoms with Crippen LogP contribution in [0.15, 0.2) is 16.9 Å². The Morgan fingerprint density at radius 1 is 1.67 bits per heavy atom. The molecule has 0 aliphatic heterocycles. The minimum Gasteiger partial charge on any atom is -0.478 e. The number of pyridine rings is 1. The summed E-state index contributed by atoms with van der Waals surface area (Å²) in [7, 11) is 0. The third kappa shape index (κ3) is 1.68. The molecule has 1 aromatic rings. The van der Waals surface area contributed by atoms with Crippen LogP contribution < -0.4 is 0 Å². The average Bonchev–Trinajstić information content (AvgIpc) is 2.05. The summed E-state index contributed by atoms with van der Waals surface area (Å²) < 4.78 is 0.223. The van der Waals surface area contributed by atoms with Gasteiger partial charge in [0.1, 0.15) is 4.60 Å². The average molecular weight is 230 g/mol. The van der Waals surface area contributed by atoms with Gasteiger partial charge in [-0.15, -0.1) is 0 Å². The van der Waals surface area contributed by atoms with Crippen molar-refractivity contribution in [3.05, 3.63) is 28.0 Å². The van der Waals surface area contributed by atoms with E-state index in [9.17, 15) is 9.59 Å². The van der Waals surface area contributed by atoms with E-state index in [1.54, 1.807) is 0 Å². The first kappa shape index (κ1) is 8.86. The van der Waals surface area contributed by atoms with Crippen molar-refractivity contribution >= 4 is 28.2 Å². The summed E-state index contributed by atoms with van der Waals surface area (Å²) in [6.45, 7) is 0. The Balaban J connectivity index is 3.25. The Morgan fingerprint density at radius 2 is 2.33 bits per heavy atom. The molecular formula is C7H4BrNO3. The number of halogens is 1. The van der Waals surface area contributed by atoms with Crippen LogP contribution in [0, 0.1) is 0 Å². The van der Waals surface area contributed by atoms with E-state index in [0.29, 0.717) is 6.29 Å². The van der Waals surface area contributed by atoms with Gasteiger partial charge in [-0.2, -0.15) is 0 Å². The first-order valence-corrected chi connectivity index (χ1v) is 3.78. The van der Waals surface area contributed by atoms with E-state index >= 15 is 0 Å². The number of carboxylic acid groups (broad SMARTS) is 1. The normalized spacial score (nSPS) is 9.42. The minimum absolute atomic E-state index is 0.0143. The van der Waals surface area contributed by atoms with Crippen LogP contribution in [0.2, 0.25) is 0 Å². The van der Waals surface area contributed by atoms with Crippen molar-refractivity contribution in [2.75, 3.05) is 0 Å². The van der Waals surface area contributed by atoms with E-state index in [1.165, 1.54) is 12.3 Å².